The summed E-state index contributed by atoms with van der Waals surface area (Å²) in [7, 11) is 0. The number of ether oxygens (including phenoxy) is 3. The van der Waals surface area contributed by atoms with Gasteiger partial charge in [-0.05, 0) is 64.2 Å². The van der Waals surface area contributed by atoms with E-state index in [1.165, 1.54) is 315 Å². The predicted molar refractivity (Wildman–Crippen MR) is 353 cm³/mol. The van der Waals surface area contributed by atoms with E-state index in [1.54, 1.807) is 0 Å². The van der Waals surface area contributed by atoms with E-state index in [9.17, 15) is 14.4 Å². The van der Waals surface area contributed by atoms with Crippen LogP contribution in [0.1, 0.15) is 419 Å². The third kappa shape index (κ3) is 68.6. The van der Waals surface area contributed by atoms with Crippen molar-refractivity contribution in [3.63, 3.8) is 0 Å². The Morgan fingerprint density at radius 3 is 0.654 bits per heavy atom. The van der Waals surface area contributed by atoms with Gasteiger partial charge in [-0.25, -0.2) is 0 Å². The van der Waals surface area contributed by atoms with Crippen molar-refractivity contribution < 1.29 is 28.6 Å². The lowest BCUT2D eigenvalue weighted by Gasteiger charge is -2.18. The van der Waals surface area contributed by atoms with Gasteiger partial charge < -0.3 is 14.2 Å². The summed E-state index contributed by atoms with van der Waals surface area (Å²) < 4.78 is 16.9. The zero-order chi connectivity index (χ0) is 58.5. The summed E-state index contributed by atoms with van der Waals surface area (Å²) in [6.45, 7) is 6.66. The molecule has 81 heavy (non-hydrogen) atoms. The topological polar surface area (TPSA) is 78.9 Å². The maximum Gasteiger partial charge on any atom is 0.306 e. The molecule has 0 N–H and O–H groups in total. The van der Waals surface area contributed by atoms with Gasteiger partial charge in [0.15, 0.2) is 6.10 Å². The Bertz CT molecular complexity index is 1310. The molecule has 0 heterocycles. The molecule has 0 aromatic carbocycles. The third-order valence-corrected chi connectivity index (χ3v) is 16.9. The number of hydrogen-bond donors (Lipinski definition) is 0. The molecule has 6 nitrogen and oxygen atoms in total. The van der Waals surface area contributed by atoms with Crippen molar-refractivity contribution in [2.45, 2.75) is 425 Å². The molecule has 1 atom stereocenters. The van der Waals surface area contributed by atoms with Gasteiger partial charge in [-0.2, -0.15) is 0 Å². The molecule has 0 spiro atoms. The fourth-order valence-electron chi connectivity index (χ4n) is 11.4. The first-order valence-corrected chi connectivity index (χ1v) is 36.8. The molecular weight excluding hydrogens is 997 g/mol. The predicted octanol–water partition coefficient (Wildman–Crippen LogP) is 25.3. The minimum absolute atomic E-state index is 0.0707. The molecule has 0 aliphatic heterocycles. The summed E-state index contributed by atoms with van der Waals surface area (Å²) in [5.41, 5.74) is 0. The minimum atomic E-state index is -0.775. The van der Waals surface area contributed by atoms with E-state index >= 15 is 0 Å². The molecule has 0 aliphatic rings. The van der Waals surface area contributed by atoms with Crippen LogP contribution in [0.15, 0.2) is 24.3 Å². The van der Waals surface area contributed by atoms with Crippen molar-refractivity contribution in [3.8, 4) is 0 Å². The number of hydrogen-bond acceptors (Lipinski definition) is 6. The summed E-state index contributed by atoms with van der Waals surface area (Å²) in [4.78, 5) is 38.3. The lowest BCUT2D eigenvalue weighted by atomic mass is 10.0. The molecule has 1 unspecified atom stereocenters. The molecule has 0 rings (SSSR count). The van der Waals surface area contributed by atoms with Crippen molar-refractivity contribution >= 4 is 17.9 Å². The van der Waals surface area contributed by atoms with Crippen LogP contribution < -0.4 is 0 Å². The smallest absolute Gasteiger partial charge is 0.306 e. The van der Waals surface area contributed by atoms with Gasteiger partial charge in [-0.3, -0.25) is 14.4 Å². The van der Waals surface area contributed by atoms with Crippen LogP contribution in [0.25, 0.3) is 0 Å². The minimum Gasteiger partial charge on any atom is -0.462 e. The first-order valence-electron chi connectivity index (χ1n) is 36.8. The Labute approximate surface area is 506 Å². The van der Waals surface area contributed by atoms with E-state index in [2.05, 4.69) is 45.1 Å². The van der Waals surface area contributed by atoms with E-state index in [1.807, 2.05) is 0 Å². The van der Waals surface area contributed by atoms with Gasteiger partial charge in [0.2, 0.25) is 0 Å². The van der Waals surface area contributed by atoms with E-state index in [4.69, 9.17) is 14.2 Å². The van der Waals surface area contributed by atoms with Gasteiger partial charge in [0.25, 0.3) is 0 Å². The highest BCUT2D eigenvalue weighted by Crippen LogP contribution is 2.19. The quantitative estimate of drug-likeness (QED) is 0.0261. The van der Waals surface area contributed by atoms with Crippen molar-refractivity contribution in [1.29, 1.82) is 0 Å². The number of unbranched alkanes of at least 4 members (excludes halogenated alkanes) is 54. The zero-order valence-electron chi connectivity index (χ0n) is 55.1. The van der Waals surface area contributed by atoms with Crippen LogP contribution in [-0.2, 0) is 28.6 Å². The monoisotopic (exact) mass is 1140 g/mol. The average molecular weight is 1140 g/mol. The summed E-state index contributed by atoms with van der Waals surface area (Å²) in [5.74, 6) is -0.858. The van der Waals surface area contributed by atoms with Crippen LogP contribution in [0.5, 0.6) is 0 Å². The van der Waals surface area contributed by atoms with E-state index in [-0.39, 0.29) is 31.1 Å². The summed E-state index contributed by atoms with van der Waals surface area (Å²) >= 11 is 0. The van der Waals surface area contributed by atoms with Gasteiger partial charge in [0, 0.05) is 19.3 Å². The van der Waals surface area contributed by atoms with Crippen molar-refractivity contribution in [3.05, 3.63) is 24.3 Å². The van der Waals surface area contributed by atoms with E-state index in [0.29, 0.717) is 19.3 Å². The fraction of sp³-hybridized carbons (Fsp3) is 0.907. The molecule has 0 amide bonds. The first kappa shape index (κ1) is 78.9. The molecule has 0 fully saturated rings. The molecule has 0 radical (unpaired) electrons. The molecule has 0 saturated carbocycles. The van der Waals surface area contributed by atoms with Crippen molar-refractivity contribution in [1.82, 2.24) is 0 Å². The van der Waals surface area contributed by atoms with Gasteiger partial charge >= 0.3 is 17.9 Å². The van der Waals surface area contributed by atoms with E-state index in [0.717, 1.165) is 64.2 Å². The SMILES string of the molecule is CCCC/C=C\CCCCCCCC(=O)OCC(COC(=O)CCCCCCCCCCCCCCCCCCCCCCCCCCCCCCCCCCCC)OC(=O)CCCCCCCCC/C=C\CCCCCCCCC. The standard InChI is InChI=1S/C75H142O6/c1-4-7-10-13-16-19-22-24-26-28-30-31-32-33-34-35-36-37-38-39-40-41-42-43-44-45-47-48-50-53-56-59-62-65-68-74(77)80-71-72(70-79-73(76)67-64-61-58-55-52-21-18-15-12-9-6-3)81-75(78)69-66-63-60-57-54-51-49-46-29-27-25-23-20-17-14-11-8-5-2/h15,18,27,29,72H,4-14,16-17,19-26,28,30-71H2,1-3H3/b18-15-,29-27-. The van der Waals surface area contributed by atoms with Crippen LogP contribution in [-0.4, -0.2) is 37.2 Å². The Morgan fingerprint density at radius 1 is 0.235 bits per heavy atom. The van der Waals surface area contributed by atoms with Crippen molar-refractivity contribution in [2.24, 2.45) is 0 Å². The normalized spacial score (nSPS) is 12.1. The average Bonchev–Trinajstić information content (AvgIpc) is 3.47. The number of allylic oxidation sites excluding steroid dienone is 4. The molecule has 0 saturated heterocycles. The van der Waals surface area contributed by atoms with Crippen LogP contribution in [0, 0.1) is 0 Å². The molecule has 0 bridgehead atoms. The largest absolute Gasteiger partial charge is 0.462 e. The summed E-state index contributed by atoms with van der Waals surface area (Å²) in [5, 5.41) is 0. The number of rotatable bonds is 69. The molecule has 0 aliphatic carbocycles. The lowest BCUT2D eigenvalue weighted by Crippen LogP contribution is -2.30. The lowest BCUT2D eigenvalue weighted by molar-refractivity contribution is -0.167. The Kier molecular flexibility index (Phi) is 68.5. The molecule has 0 aromatic rings. The highest BCUT2D eigenvalue weighted by atomic mass is 16.6. The van der Waals surface area contributed by atoms with Crippen molar-refractivity contribution in [2.75, 3.05) is 13.2 Å². The number of esters is 3. The van der Waals surface area contributed by atoms with Crippen LogP contribution in [0.2, 0.25) is 0 Å². The Hall–Kier alpha value is -2.11. The summed E-state index contributed by atoms with van der Waals surface area (Å²) in [6.07, 6.45) is 86.8. The molecular formula is C75H142O6. The van der Waals surface area contributed by atoms with Gasteiger partial charge in [0.1, 0.15) is 13.2 Å². The third-order valence-electron chi connectivity index (χ3n) is 16.9. The second kappa shape index (κ2) is 70.4. The molecule has 6 heteroatoms. The first-order chi connectivity index (χ1) is 40.0. The summed E-state index contributed by atoms with van der Waals surface area (Å²) in [6, 6.07) is 0. The van der Waals surface area contributed by atoms with E-state index < -0.39 is 6.10 Å². The van der Waals surface area contributed by atoms with Crippen LogP contribution in [0.4, 0.5) is 0 Å². The number of carbonyl (C=O) groups excluding carboxylic acids is 3. The molecule has 0 aromatic heterocycles. The maximum absolute atomic E-state index is 12.9. The van der Waals surface area contributed by atoms with Gasteiger partial charge in [0.05, 0.1) is 0 Å². The van der Waals surface area contributed by atoms with Gasteiger partial charge in [-0.15, -0.1) is 0 Å². The second-order valence-corrected chi connectivity index (χ2v) is 25.2. The number of carbonyl (C=O) groups is 3. The zero-order valence-corrected chi connectivity index (χ0v) is 55.1. The second-order valence-electron chi connectivity index (χ2n) is 25.2. The maximum atomic E-state index is 12.9. The van der Waals surface area contributed by atoms with Crippen LogP contribution >= 0.6 is 0 Å². The molecule has 478 valence electrons. The highest BCUT2D eigenvalue weighted by molar-refractivity contribution is 5.71. The van der Waals surface area contributed by atoms with Gasteiger partial charge in [-0.1, -0.05) is 360 Å². The fourth-order valence-corrected chi connectivity index (χ4v) is 11.4. The Morgan fingerprint density at radius 2 is 0.420 bits per heavy atom. The Balaban J connectivity index is 4.03. The van der Waals surface area contributed by atoms with Crippen LogP contribution in [0.3, 0.4) is 0 Å². The highest BCUT2D eigenvalue weighted by Gasteiger charge is 2.19.